The van der Waals surface area contributed by atoms with Gasteiger partial charge in [0.1, 0.15) is 17.0 Å². The lowest BCUT2D eigenvalue weighted by Gasteiger charge is -2.45. The van der Waals surface area contributed by atoms with E-state index >= 15 is 0 Å². The number of fused-ring (bicyclic) bond motifs is 3. The molecule has 7 heteroatoms. The van der Waals surface area contributed by atoms with Crippen LogP contribution in [0.2, 0.25) is 0 Å². The van der Waals surface area contributed by atoms with E-state index < -0.39 is 5.54 Å². The molecule has 0 spiro atoms. The third-order valence-corrected chi connectivity index (χ3v) is 7.60. The minimum absolute atomic E-state index is 0.0877. The highest BCUT2D eigenvalue weighted by Gasteiger charge is 2.48. The fourth-order valence-electron chi connectivity index (χ4n) is 5.50. The van der Waals surface area contributed by atoms with Gasteiger partial charge in [-0.1, -0.05) is 31.9 Å². The van der Waals surface area contributed by atoms with E-state index in [1.807, 2.05) is 55.7 Å². The quantitative estimate of drug-likeness (QED) is 0.534. The second-order valence-electron chi connectivity index (χ2n) is 10.6. The van der Waals surface area contributed by atoms with Gasteiger partial charge >= 0.3 is 0 Å². The molecule has 7 nitrogen and oxygen atoms in total. The number of ether oxygens (including phenoxy) is 1. The molecule has 1 N–H and O–H groups in total. The molecule has 2 aromatic heterocycles. The van der Waals surface area contributed by atoms with E-state index in [1.54, 1.807) is 17.2 Å². The number of hydrogen-bond acceptors (Lipinski definition) is 4. The van der Waals surface area contributed by atoms with E-state index in [0.717, 1.165) is 36.1 Å². The van der Waals surface area contributed by atoms with Gasteiger partial charge in [-0.15, -0.1) is 0 Å². The second-order valence-corrected chi connectivity index (χ2v) is 10.6. The summed E-state index contributed by atoms with van der Waals surface area (Å²) in [6.45, 7) is 8.77. The summed E-state index contributed by atoms with van der Waals surface area (Å²) >= 11 is 0. The Hall–Kier alpha value is -3.22. The van der Waals surface area contributed by atoms with Gasteiger partial charge < -0.3 is 23.9 Å². The summed E-state index contributed by atoms with van der Waals surface area (Å²) in [5.74, 6) is 0.954. The number of rotatable bonds is 6. The van der Waals surface area contributed by atoms with Gasteiger partial charge in [-0.25, -0.2) is 0 Å². The fraction of sp³-hybridized carbons (Fsp3) is 0.500. The average molecular weight is 478 g/mol. The number of nitrogens with zero attached hydrogens (tertiary/aromatic N) is 2. The molecule has 0 bridgehead atoms. The number of hydrogen-bond donors (Lipinski definition) is 1. The summed E-state index contributed by atoms with van der Waals surface area (Å²) in [5.41, 5.74) is 1.96. The lowest BCUT2D eigenvalue weighted by atomic mass is 9.85. The van der Waals surface area contributed by atoms with E-state index in [1.165, 1.54) is 6.42 Å². The Morgan fingerprint density at radius 2 is 1.94 bits per heavy atom. The predicted molar refractivity (Wildman–Crippen MR) is 134 cm³/mol. The molecule has 3 heterocycles. The molecule has 0 unspecified atom stereocenters. The summed E-state index contributed by atoms with van der Waals surface area (Å²) in [4.78, 5) is 29.5. The zero-order valence-corrected chi connectivity index (χ0v) is 21.0. The normalized spacial score (nSPS) is 24.6. The van der Waals surface area contributed by atoms with Crippen LogP contribution in [-0.4, -0.2) is 39.0 Å². The first-order chi connectivity index (χ1) is 16.8. The first kappa shape index (κ1) is 23.5. The SMILES string of the molecule is CC(C)Oc1ccc(CN2C(=O)c3cc4occc4n3C[C@]2(C)C(=O)N[C@@H]2CCCC[C@@H]2C)cc1. The minimum atomic E-state index is -1.04. The van der Waals surface area contributed by atoms with Crippen LogP contribution in [0, 0.1) is 5.92 Å². The van der Waals surface area contributed by atoms with Crippen LogP contribution in [0.3, 0.4) is 0 Å². The Labute approximate surface area is 206 Å². The van der Waals surface area contributed by atoms with Crippen molar-refractivity contribution in [2.75, 3.05) is 0 Å². The summed E-state index contributed by atoms with van der Waals surface area (Å²) in [5, 5.41) is 3.32. The molecule has 1 aromatic carbocycles. The van der Waals surface area contributed by atoms with Crippen molar-refractivity contribution in [1.29, 1.82) is 0 Å². The van der Waals surface area contributed by atoms with E-state index in [9.17, 15) is 9.59 Å². The Morgan fingerprint density at radius 1 is 1.20 bits per heavy atom. The summed E-state index contributed by atoms with van der Waals surface area (Å²) in [7, 11) is 0. The fourth-order valence-corrected chi connectivity index (χ4v) is 5.50. The van der Waals surface area contributed by atoms with E-state index in [-0.39, 0.29) is 24.0 Å². The number of carbonyl (C=O) groups is 2. The largest absolute Gasteiger partial charge is 0.491 e. The molecule has 1 saturated carbocycles. The van der Waals surface area contributed by atoms with Crippen molar-refractivity contribution in [3.63, 3.8) is 0 Å². The van der Waals surface area contributed by atoms with Crippen molar-refractivity contribution < 1.29 is 18.7 Å². The van der Waals surface area contributed by atoms with Gasteiger partial charge in [0.25, 0.3) is 5.91 Å². The zero-order valence-electron chi connectivity index (χ0n) is 21.0. The second kappa shape index (κ2) is 9.10. The van der Waals surface area contributed by atoms with Crippen LogP contribution in [0.15, 0.2) is 47.1 Å². The van der Waals surface area contributed by atoms with Crippen molar-refractivity contribution in [1.82, 2.24) is 14.8 Å². The number of aromatic nitrogens is 1. The highest BCUT2D eigenvalue weighted by molar-refractivity contribution is 6.02. The molecule has 1 aliphatic heterocycles. The van der Waals surface area contributed by atoms with Gasteiger partial charge in [0, 0.05) is 24.7 Å². The molecular formula is C28H35N3O4. The number of amides is 2. The summed E-state index contributed by atoms with van der Waals surface area (Å²) in [6, 6.07) is 11.5. The maximum Gasteiger partial charge on any atom is 0.271 e. The summed E-state index contributed by atoms with van der Waals surface area (Å²) in [6.07, 6.45) is 6.14. The molecule has 35 heavy (non-hydrogen) atoms. The molecule has 0 radical (unpaired) electrons. The molecule has 3 aromatic rings. The smallest absolute Gasteiger partial charge is 0.271 e. The van der Waals surface area contributed by atoms with Gasteiger partial charge in [0.2, 0.25) is 5.91 Å². The van der Waals surface area contributed by atoms with Gasteiger partial charge in [0.05, 0.1) is 24.4 Å². The van der Waals surface area contributed by atoms with Gasteiger partial charge in [-0.05, 0) is 57.2 Å². The molecule has 1 fully saturated rings. The van der Waals surface area contributed by atoms with Gasteiger partial charge in [0.15, 0.2) is 5.58 Å². The Bertz CT molecular complexity index is 1220. The van der Waals surface area contributed by atoms with Gasteiger partial charge in [-0.3, -0.25) is 9.59 Å². The van der Waals surface area contributed by atoms with Crippen LogP contribution >= 0.6 is 0 Å². The molecule has 5 rings (SSSR count). The molecule has 0 saturated heterocycles. The Balaban J connectivity index is 1.48. The van der Waals surface area contributed by atoms with Crippen molar-refractivity contribution in [2.24, 2.45) is 5.92 Å². The van der Waals surface area contributed by atoms with Crippen LogP contribution in [0.25, 0.3) is 11.1 Å². The van der Waals surface area contributed by atoms with E-state index in [4.69, 9.17) is 9.15 Å². The van der Waals surface area contributed by atoms with Crippen LogP contribution in [0.5, 0.6) is 5.75 Å². The number of benzene rings is 1. The van der Waals surface area contributed by atoms with Crippen molar-refractivity contribution in [2.45, 2.75) is 84.2 Å². The van der Waals surface area contributed by atoms with E-state index in [2.05, 4.69) is 12.2 Å². The maximum absolute atomic E-state index is 13.9. The zero-order chi connectivity index (χ0) is 24.7. The van der Waals surface area contributed by atoms with Crippen molar-refractivity contribution in [3.8, 4) is 5.75 Å². The molecule has 186 valence electrons. The maximum atomic E-state index is 13.9. The van der Waals surface area contributed by atoms with Crippen molar-refractivity contribution >= 4 is 22.9 Å². The van der Waals surface area contributed by atoms with Crippen molar-refractivity contribution in [3.05, 3.63) is 53.9 Å². The lowest BCUT2D eigenvalue weighted by molar-refractivity contribution is -0.134. The number of nitrogens with one attached hydrogen (secondary N) is 1. The Kier molecular flexibility index (Phi) is 6.11. The molecular weight excluding hydrogens is 442 g/mol. The third kappa shape index (κ3) is 4.32. The first-order valence-electron chi connectivity index (χ1n) is 12.7. The predicted octanol–water partition coefficient (Wildman–Crippen LogP) is 5.13. The molecule has 1 aliphatic carbocycles. The topological polar surface area (TPSA) is 76.7 Å². The van der Waals surface area contributed by atoms with E-state index in [0.29, 0.717) is 30.3 Å². The standard InChI is InChI=1S/C28H35N3O4/c1-18(2)35-21-11-9-20(10-12-21)16-31-26(32)24-15-25-23(13-14-34-25)30(24)17-28(31,4)27(33)29-22-8-6-5-7-19(22)3/h9-15,18-19,22H,5-8,16-17H2,1-4H3,(H,29,33)/t19-,22+,28+/m0/s1. The minimum Gasteiger partial charge on any atom is -0.491 e. The number of carbonyl (C=O) groups excluding carboxylic acids is 2. The van der Waals surface area contributed by atoms with Crippen LogP contribution in [0.4, 0.5) is 0 Å². The third-order valence-electron chi connectivity index (χ3n) is 7.60. The lowest BCUT2D eigenvalue weighted by Crippen LogP contribution is -2.65. The van der Waals surface area contributed by atoms with Crippen LogP contribution < -0.4 is 10.1 Å². The summed E-state index contributed by atoms with van der Waals surface area (Å²) < 4.78 is 13.3. The first-order valence-corrected chi connectivity index (χ1v) is 12.7. The average Bonchev–Trinajstić information content (AvgIpc) is 3.41. The Morgan fingerprint density at radius 3 is 2.66 bits per heavy atom. The number of furan rings is 1. The molecule has 2 aliphatic rings. The van der Waals surface area contributed by atoms with Crippen LogP contribution in [-0.2, 0) is 17.9 Å². The van der Waals surface area contributed by atoms with Gasteiger partial charge in [-0.2, -0.15) is 0 Å². The van der Waals surface area contributed by atoms with Crippen LogP contribution in [0.1, 0.15) is 69.4 Å². The highest BCUT2D eigenvalue weighted by Crippen LogP contribution is 2.35. The highest BCUT2D eigenvalue weighted by atomic mass is 16.5. The molecule has 3 atom stereocenters. The monoisotopic (exact) mass is 477 g/mol. The molecule has 2 amide bonds.